The van der Waals surface area contributed by atoms with Gasteiger partial charge in [-0.3, -0.25) is 9.89 Å². The Morgan fingerprint density at radius 1 is 1.33 bits per heavy atom. The van der Waals surface area contributed by atoms with E-state index in [-0.39, 0.29) is 17.4 Å². The molecule has 0 saturated carbocycles. The van der Waals surface area contributed by atoms with Crippen LogP contribution >= 0.6 is 0 Å². The number of nitrogens with zero attached hydrogens (tertiary/aromatic N) is 3. The van der Waals surface area contributed by atoms with Gasteiger partial charge in [0, 0.05) is 11.3 Å². The molecule has 1 unspecified atom stereocenters. The fourth-order valence-corrected chi connectivity index (χ4v) is 3.85. The van der Waals surface area contributed by atoms with Crippen molar-refractivity contribution in [2.24, 2.45) is 5.41 Å². The van der Waals surface area contributed by atoms with Crippen molar-refractivity contribution in [2.75, 3.05) is 0 Å². The molecule has 4 rings (SSSR count). The summed E-state index contributed by atoms with van der Waals surface area (Å²) in [5.74, 6) is -0.146. The third-order valence-corrected chi connectivity index (χ3v) is 5.23. The summed E-state index contributed by atoms with van der Waals surface area (Å²) in [4.78, 5) is 12.7. The van der Waals surface area contributed by atoms with Gasteiger partial charge < -0.3 is 5.32 Å². The lowest BCUT2D eigenvalue weighted by molar-refractivity contribution is 0.0914. The zero-order chi connectivity index (χ0) is 19.0. The number of aromatic amines is 1. The van der Waals surface area contributed by atoms with Crippen molar-refractivity contribution in [3.05, 3.63) is 65.2 Å². The first-order valence-corrected chi connectivity index (χ1v) is 9.44. The third kappa shape index (κ3) is 3.39. The SMILES string of the molecule is CCc1cc(C(=O)NC2CC(C)(C)Cc3c2cnn3-c2ccccc2)n[nH]1. The maximum atomic E-state index is 12.7. The summed E-state index contributed by atoms with van der Waals surface area (Å²) in [6.45, 7) is 6.51. The molecule has 0 radical (unpaired) electrons. The number of fused-ring (bicyclic) bond motifs is 1. The molecule has 0 bridgehead atoms. The molecule has 140 valence electrons. The molecule has 1 aromatic carbocycles. The summed E-state index contributed by atoms with van der Waals surface area (Å²) in [6.07, 6.45) is 4.51. The van der Waals surface area contributed by atoms with Gasteiger partial charge in [-0.2, -0.15) is 10.2 Å². The first-order valence-electron chi connectivity index (χ1n) is 9.44. The van der Waals surface area contributed by atoms with Gasteiger partial charge in [0.15, 0.2) is 0 Å². The Balaban J connectivity index is 1.65. The number of rotatable bonds is 4. The Kier molecular flexibility index (Phi) is 4.34. The largest absolute Gasteiger partial charge is 0.344 e. The lowest BCUT2D eigenvalue weighted by Gasteiger charge is -2.35. The first-order chi connectivity index (χ1) is 13.0. The Morgan fingerprint density at radius 3 is 2.81 bits per heavy atom. The van der Waals surface area contributed by atoms with Crippen LogP contribution in [0, 0.1) is 5.41 Å². The van der Waals surface area contributed by atoms with Gasteiger partial charge in [0.2, 0.25) is 0 Å². The second-order valence-electron chi connectivity index (χ2n) is 8.00. The quantitative estimate of drug-likeness (QED) is 0.744. The topological polar surface area (TPSA) is 75.6 Å². The molecule has 27 heavy (non-hydrogen) atoms. The number of carbonyl (C=O) groups is 1. The van der Waals surface area contributed by atoms with Crippen molar-refractivity contribution in [1.29, 1.82) is 0 Å². The highest BCUT2D eigenvalue weighted by molar-refractivity contribution is 5.92. The van der Waals surface area contributed by atoms with Crippen LogP contribution < -0.4 is 5.32 Å². The number of carbonyl (C=O) groups excluding carboxylic acids is 1. The maximum Gasteiger partial charge on any atom is 0.272 e. The molecule has 0 spiro atoms. The van der Waals surface area contributed by atoms with Crippen molar-refractivity contribution in [1.82, 2.24) is 25.3 Å². The highest BCUT2D eigenvalue weighted by Crippen LogP contribution is 2.41. The molecule has 2 N–H and O–H groups in total. The van der Waals surface area contributed by atoms with Crippen molar-refractivity contribution in [3.63, 3.8) is 0 Å². The van der Waals surface area contributed by atoms with Crippen molar-refractivity contribution >= 4 is 5.91 Å². The van der Waals surface area contributed by atoms with E-state index in [0.29, 0.717) is 5.69 Å². The Morgan fingerprint density at radius 2 is 2.11 bits per heavy atom. The number of amides is 1. The predicted molar refractivity (Wildman–Crippen MR) is 104 cm³/mol. The molecule has 6 heteroatoms. The number of H-pyrrole nitrogens is 1. The van der Waals surface area contributed by atoms with E-state index in [2.05, 4.69) is 46.6 Å². The average molecular weight is 363 g/mol. The number of aromatic nitrogens is 4. The lowest BCUT2D eigenvalue weighted by Crippen LogP contribution is -2.37. The minimum atomic E-state index is -0.146. The van der Waals surface area contributed by atoms with E-state index >= 15 is 0 Å². The van der Waals surface area contributed by atoms with Gasteiger partial charge in [-0.15, -0.1) is 0 Å². The number of aryl methyl sites for hydroxylation is 1. The van der Waals surface area contributed by atoms with E-state index in [4.69, 9.17) is 0 Å². The number of nitrogens with one attached hydrogen (secondary N) is 2. The smallest absolute Gasteiger partial charge is 0.272 e. The molecule has 2 aromatic heterocycles. The van der Waals surface area contributed by atoms with Crippen LogP contribution in [0.2, 0.25) is 0 Å². The molecule has 1 atom stereocenters. The Hall–Kier alpha value is -2.89. The predicted octanol–water partition coefficient (Wildman–Crippen LogP) is 3.60. The standard InChI is InChI=1S/C21H25N5O/c1-4-14-10-17(25-24-14)20(27)23-18-11-21(2,3)12-19-16(18)13-22-26(19)15-8-6-5-7-9-15/h5-10,13,18H,4,11-12H2,1-3H3,(H,23,27)(H,24,25). The molecule has 2 heterocycles. The molecule has 0 aliphatic heterocycles. The van der Waals surface area contributed by atoms with Gasteiger partial charge in [-0.05, 0) is 42.9 Å². The Bertz CT molecular complexity index is 954. The fourth-order valence-electron chi connectivity index (χ4n) is 3.85. The van der Waals surface area contributed by atoms with Crippen molar-refractivity contribution < 1.29 is 4.79 Å². The summed E-state index contributed by atoms with van der Waals surface area (Å²) in [7, 11) is 0. The van der Waals surface area contributed by atoms with E-state index in [1.807, 2.05) is 42.1 Å². The number of benzene rings is 1. The van der Waals surface area contributed by atoms with Crippen molar-refractivity contribution in [3.8, 4) is 5.69 Å². The highest BCUT2D eigenvalue weighted by atomic mass is 16.2. The van der Waals surface area contributed by atoms with Crippen LogP contribution in [0.25, 0.3) is 5.69 Å². The summed E-state index contributed by atoms with van der Waals surface area (Å²) in [5, 5.41) is 14.8. The molecular formula is C21H25N5O. The van der Waals surface area contributed by atoms with Crippen LogP contribution in [0.1, 0.15) is 60.7 Å². The van der Waals surface area contributed by atoms with Gasteiger partial charge in [-0.25, -0.2) is 4.68 Å². The minimum absolute atomic E-state index is 0.0671. The molecule has 3 aromatic rings. The van der Waals surface area contributed by atoms with E-state index in [9.17, 15) is 4.79 Å². The van der Waals surface area contributed by atoms with Crippen LogP contribution in [-0.2, 0) is 12.8 Å². The van der Waals surface area contributed by atoms with E-state index < -0.39 is 0 Å². The lowest BCUT2D eigenvalue weighted by atomic mass is 9.74. The first kappa shape index (κ1) is 17.5. The molecule has 0 saturated heterocycles. The van der Waals surface area contributed by atoms with E-state index in [1.165, 1.54) is 5.69 Å². The monoisotopic (exact) mass is 363 g/mol. The van der Waals surface area contributed by atoms with E-state index in [0.717, 1.165) is 36.2 Å². The molecule has 1 amide bonds. The Labute approximate surface area is 159 Å². The highest BCUT2D eigenvalue weighted by Gasteiger charge is 2.36. The zero-order valence-electron chi connectivity index (χ0n) is 16.0. The van der Waals surface area contributed by atoms with Gasteiger partial charge in [0.1, 0.15) is 5.69 Å². The average Bonchev–Trinajstić information content (AvgIpc) is 3.28. The van der Waals surface area contributed by atoms with Crippen LogP contribution in [-0.4, -0.2) is 25.9 Å². The summed E-state index contributed by atoms with van der Waals surface area (Å²) in [6, 6.07) is 11.9. The van der Waals surface area contributed by atoms with Gasteiger partial charge >= 0.3 is 0 Å². The van der Waals surface area contributed by atoms with Gasteiger partial charge in [0.05, 0.1) is 23.6 Å². The van der Waals surface area contributed by atoms with Crippen LogP contribution in [0.15, 0.2) is 42.6 Å². The third-order valence-electron chi connectivity index (χ3n) is 5.23. The fraction of sp³-hybridized carbons (Fsp3) is 0.381. The van der Waals surface area contributed by atoms with Gasteiger partial charge in [0.25, 0.3) is 5.91 Å². The summed E-state index contributed by atoms with van der Waals surface area (Å²) in [5.41, 5.74) is 4.77. The number of hydrogen-bond donors (Lipinski definition) is 2. The van der Waals surface area contributed by atoms with E-state index in [1.54, 1.807) is 0 Å². The summed E-state index contributed by atoms with van der Waals surface area (Å²) < 4.78 is 2.00. The number of para-hydroxylation sites is 1. The normalized spacial score (nSPS) is 18.1. The molecule has 6 nitrogen and oxygen atoms in total. The second-order valence-corrected chi connectivity index (χ2v) is 8.00. The number of hydrogen-bond acceptors (Lipinski definition) is 3. The second kappa shape index (κ2) is 6.68. The maximum absolute atomic E-state index is 12.7. The zero-order valence-corrected chi connectivity index (χ0v) is 16.0. The minimum Gasteiger partial charge on any atom is -0.344 e. The van der Waals surface area contributed by atoms with Crippen LogP contribution in [0.3, 0.4) is 0 Å². The molecule has 1 aliphatic rings. The molecular weight excluding hydrogens is 338 g/mol. The van der Waals surface area contributed by atoms with Crippen molar-refractivity contribution in [2.45, 2.75) is 46.1 Å². The van der Waals surface area contributed by atoms with Crippen LogP contribution in [0.4, 0.5) is 0 Å². The van der Waals surface area contributed by atoms with Crippen LogP contribution in [0.5, 0.6) is 0 Å². The summed E-state index contributed by atoms with van der Waals surface area (Å²) >= 11 is 0. The molecule has 1 aliphatic carbocycles. The molecule has 0 fully saturated rings. The van der Waals surface area contributed by atoms with Gasteiger partial charge in [-0.1, -0.05) is 39.0 Å².